The third kappa shape index (κ3) is 5.52. The average Bonchev–Trinajstić information content (AvgIpc) is 2.57. The zero-order valence-electron chi connectivity index (χ0n) is 9.64. The van der Waals surface area contributed by atoms with Gasteiger partial charge in [-0.05, 0) is 25.0 Å². The number of thiophene rings is 1. The van der Waals surface area contributed by atoms with Gasteiger partial charge in [-0.3, -0.25) is 0 Å². The van der Waals surface area contributed by atoms with E-state index in [4.69, 9.17) is 10.5 Å². The predicted octanol–water partition coefficient (Wildman–Crippen LogP) is 3.37. The molecule has 0 radical (unpaired) electrons. The molecule has 2 nitrogen and oxygen atoms in total. The fourth-order valence-electron chi connectivity index (χ4n) is 1.39. The van der Waals surface area contributed by atoms with Crippen molar-refractivity contribution in [2.75, 3.05) is 6.61 Å². The van der Waals surface area contributed by atoms with Crippen molar-refractivity contribution in [1.29, 1.82) is 0 Å². The van der Waals surface area contributed by atoms with E-state index in [2.05, 4.69) is 0 Å². The summed E-state index contributed by atoms with van der Waals surface area (Å²) in [7, 11) is 0. The number of aryl methyl sites for hydroxylation is 1. The van der Waals surface area contributed by atoms with E-state index in [0.717, 1.165) is 15.3 Å². The van der Waals surface area contributed by atoms with Crippen molar-refractivity contribution >= 4 is 11.3 Å². The molecule has 0 aromatic carbocycles. The zero-order chi connectivity index (χ0) is 12.9. The van der Waals surface area contributed by atoms with E-state index in [0.29, 0.717) is 13.2 Å². The van der Waals surface area contributed by atoms with Gasteiger partial charge < -0.3 is 10.5 Å². The molecule has 0 amide bonds. The number of alkyl halides is 3. The van der Waals surface area contributed by atoms with Crippen LogP contribution in [0, 0.1) is 6.92 Å². The number of hydrogen-bond acceptors (Lipinski definition) is 3. The maximum Gasteiger partial charge on any atom is 0.389 e. The molecular weight excluding hydrogens is 251 g/mol. The van der Waals surface area contributed by atoms with Crippen LogP contribution in [0.15, 0.2) is 6.07 Å². The first-order valence-electron chi connectivity index (χ1n) is 5.35. The Morgan fingerprint density at radius 2 is 2.12 bits per heavy atom. The molecule has 0 saturated heterocycles. The second-order valence-corrected chi connectivity index (χ2v) is 5.11. The fourth-order valence-corrected chi connectivity index (χ4v) is 2.32. The molecule has 1 aromatic heterocycles. The maximum atomic E-state index is 11.9. The molecule has 0 spiro atoms. The van der Waals surface area contributed by atoms with E-state index in [-0.39, 0.29) is 13.0 Å². The molecule has 2 N–H and O–H groups in total. The second-order valence-electron chi connectivity index (χ2n) is 3.77. The summed E-state index contributed by atoms with van der Waals surface area (Å²) >= 11 is 1.60. The van der Waals surface area contributed by atoms with E-state index in [9.17, 15) is 13.2 Å². The lowest BCUT2D eigenvalue weighted by molar-refractivity contribution is -0.138. The molecule has 0 atom stereocenters. The van der Waals surface area contributed by atoms with Crippen LogP contribution in [0.1, 0.15) is 28.2 Å². The van der Waals surface area contributed by atoms with Crippen molar-refractivity contribution in [1.82, 2.24) is 0 Å². The smallest absolute Gasteiger partial charge is 0.377 e. The molecule has 6 heteroatoms. The zero-order valence-corrected chi connectivity index (χ0v) is 10.5. The normalized spacial score (nSPS) is 12.1. The Kier molecular flexibility index (Phi) is 5.42. The molecule has 0 saturated carbocycles. The van der Waals surface area contributed by atoms with Crippen LogP contribution in [-0.2, 0) is 17.9 Å². The summed E-state index contributed by atoms with van der Waals surface area (Å²) in [6, 6.07) is 1.95. The minimum absolute atomic E-state index is 0.0103. The van der Waals surface area contributed by atoms with Crippen LogP contribution < -0.4 is 5.73 Å². The van der Waals surface area contributed by atoms with Crippen molar-refractivity contribution < 1.29 is 17.9 Å². The van der Waals surface area contributed by atoms with Gasteiger partial charge in [-0.15, -0.1) is 11.3 Å². The largest absolute Gasteiger partial charge is 0.389 e. The van der Waals surface area contributed by atoms with Gasteiger partial charge in [0, 0.05) is 29.3 Å². The summed E-state index contributed by atoms with van der Waals surface area (Å²) in [5.41, 5.74) is 6.52. The van der Waals surface area contributed by atoms with Gasteiger partial charge in [0.1, 0.15) is 0 Å². The number of ether oxygens (including phenoxy) is 1. The summed E-state index contributed by atoms with van der Waals surface area (Å²) in [4.78, 5) is 2.18. The predicted molar refractivity (Wildman–Crippen MR) is 61.9 cm³/mol. The van der Waals surface area contributed by atoms with Crippen LogP contribution in [0.3, 0.4) is 0 Å². The third-order valence-electron chi connectivity index (χ3n) is 2.28. The van der Waals surface area contributed by atoms with E-state index in [1.165, 1.54) is 0 Å². The van der Waals surface area contributed by atoms with Gasteiger partial charge in [-0.1, -0.05) is 0 Å². The standard InChI is InChI=1S/C11H16F3NOS/c1-8-9(5-10(6-15)17-8)7-16-4-2-3-11(12,13)14/h5H,2-4,6-7,15H2,1H3. The molecule has 98 valence electrons. The lowest BCUT2D eigenvalue weighted by atomic mass is 10.2. The van der Waals surface area contributed by atoms with Crippen molar-refractivity contribution in [3.05, 3.63) is 21.4 Å². The monoisotopic (exact) mass is 267 g/mol. The van der Waals surface area contributed by atoms with Gasteiger partial charge in [0.2, 0.25) is 0 Å². The van der Waals surface area contributed by atoms with Gasteiger partial charge in [0.15, 0.2) is 0 Å². The quantitative estimate of drug-likeness (QED) is 0.802. The van der Waals surface area contributed by atoms with Crippen molar-refractivity contribution in [2.45, 2.75) is 39.1 Å². The lowest BCUT2D eigenvalue weighted by Crippen LogP contribution is -2.08. The fraction of sp³-hybridized carbons (Fsp3) is 0.636. The van der Waals surface area contributed by atoms with Gasteiger partial charge in [0.25, 0.3) is 0 Å². The van der Waals surface area contributed by atoms with Gasteiger partial charge >= 0.3 is 6.18 Å². The van der Waals surface area contributed by atoms with E-state index in [1.54, 1.807) is 11.3 Å². The molecule has 0 fully saturated rings. The Morgan fingerprint density at radius 3 is 2.65 bits per heavy atom. The van der Waals surface area contributed by atoms with Crippen LogP contribution >= 0.6 is 11.3 Å². The summed E-state index contributed by atoms with van der Waals surface area (Å²) in [6.45, 7) is 2.94. The number of halogens is 3. The van der Waals surface area contributed by atoms with Crippen molar-refractivity contribution in [2.24, 2.45) is 5.73 Å². The van der Waals surface area contributed by atoms with Gasteiger partial charge in [-0.25, -0.2) is 0 Å². The summed E-state index contributed by atoms with van der Waals surface area (Å²) in [6.07, 6.45) is -4.87. The molecule has 1 heterocycles. The Hall–Kier alpha value is -0.590. The lowest BCUT2D eigenvalue weighted by Gasteiger charge is -2.06. The number of rotatable bonds is 6. The summed E-state index contributed by atoms with van der Waals surface area (Å²) < 4.78 is 40.8. The Bertz CT molecular complexity index is 349. The van der Waals surface area contributed by atoms with E-state index in [1.807, 2.05) is 13.0 Å². The van der Waals surface area contributed by atoms with Crippen LogP contribution in [0.4, 0.5) is 13.2 Å². The number of hydrogen-bond donors (Lipinski definition) is 1. The van der Waals surface area contributed by atoms with Gasteiger partial charge in [-0.2, -0.15) is 13.2 Å². The first-order valence-corrected chi connectivity index (χ1v) is 6.17. The highest BCUT2D eigenvalue weighted by Crippen LogP contribution is 2.23. The van der Waals surface area contributed by atoms with Crippen LogP contribution in [-0.4, -0.2) is 12.8 Å². The van der Waals surface area contributed by atoms with Crippen LogP contribution in [0.5, 0.6) is 0 Å². The maximum absolute atomic E-state index is 11.9. The van der Waals surface area contributed by atoms with Crippen LogP contribution in [0.2, 0.25) is 0 Å². The Labute approximate surface area is 103 Å². The Morgan fingerprint density at radius 1 is 1.41 bits per heavy atom. The molecule has 0 aliphatic rings. The molecular formula is C11H16F3NOS. The van der Waals surface area contributed by atoms with Crippen molar-refractivity contribution in [3.63, 3.8) is 0 Å². The molecule has 1 rings (SSSR count). The third-order valence-corrected chi connectivity index (χ3v) is 3.39. The van der Waals surface area contributed by atoms with E-state index < -0.39 is 12.6 Å². The number of nitrogens with two attached hydrogens (primary N) is 1. The van der Waals surface area contributed by atoms with Crippen molar-refractivity contribution in [3.8, 4) is 0 Å². The highest BCUT2D eigenvalue weighted by molar-refractivity contribution is 7.12. The molecule has 0 bridgehead atoms. The average molecular weight is 267 g/mol. The molecule has 0 aliphatic carbocycles. The highest BCUT2D eigenvalue weighted by Gasteiger charge is 2.25. The van der Waals surface area contributed by atoms with Crippen LogP contribution in [0.25, 0.3) is 0 Å². The first-order chi connectivity index (χ1) is 7.92. The molecule has 0 unspecified atom stereocenters. The minimum Gasteiger partial charge on any atom is -0.377 e. The summed E-state index contributed by atoms with van der Waals surface area (Å²) in [5.74, 6) is 0. The SMILES string of the molecule is Cc1sc(CN)cc1COCCCC(F)(F)F. The highest BCUT2D eigenvalue weighted by atomic mass is 32.1. The molecule has 17 heavy (non-hydrogen) atoms. The molecule has 1 aromatic rings. The first kappa shape index (κ1) is 14.5. The van der Waals surface area contributed by atoms with E-state index >= 15 is 0 Å². The topological polar surface area (TPSA) is 35.2 Å². The Balaban J connectivity index is 2.24. The molecule has 0 aliphatic heterocycles. The van der Waals surface area contributed by atoms with Gasteiger partial charge in [0.05, 0.1) is 6.61 Å². The minimum atomic E-state index is -4.09. The second kappa shape index (κ2) is 6.37. The summed E-state index contributed by atoms with van der Waals surface area (Å²) in [5, 5.41) is 0.